The minimum Gasteiger partial charge on any atom is -0.492 e. The third-order valence-corrected chi connectivity index (χ3v) is 5.11. The predicted molar refractivity (Wildman–Crippen MR) is 110 cm³/mol. The Kier molecular flexibility index (Phi) is 7.37. The Morgan fingerprint density at radius 1 is 1.25 bits per heavy atom. The molecule has 0 aliphatic carbocycles. The first-order valence-electron chi connectivity index (χ1n) is 10.2. The van der Waals surface area contributed by atoms with Gasteiger partial charge in [-0.2, -0.15) is 0 Å². The number of hydrogen-bond donors (Lipinski definition) is 1. The zero-order chi connectivity index (χ0) is 19.8. The number of para-hydroxylation sites is 1. The number of piperidine rings is 1. The Morgan fingerprint density at radius 3 is 2.71 bits per heavy atom. The molecule has 2 heterocycles. The standard InChI is InChI=1S/C22H30N4O2/c1-3-11-23-22(27)20-16-24-17(2)25-21(20)18-9-12-26(13-10-18)14-15-28-19-7-5-4-6-8-19/h4-8,16,18H,3,9-15H2,1-2H3,(H,23,27). The van der Waals surface area contributed by atoms with Crippen molar-refractivity contribution in [1.29, 1.82) is 0 Å². The van der Waals surface area contributed by atoms with Crippen LogP contribution in [-0.2, 0) is 0 Å². The number of nitrogens with zero attached hydrogens (tertiary/aromatic N) is 3. The average Bonchev–Trinajstić information content (AvgIpc) is 2.73. The third-order valence-electron chi connectivity index (χ3n) is 5.11. The fourth-order valence-electron chi connectivity index (χ4n) is 3.55. The van der Waals surface area contributed by atoms with Gasteiger partial charge < -0.3 is 10.1 Å². The zero-order valence-electron chi connectivity index (χ0n) is 16.9. The van der Waals surface area contributed by atoms with E-state index in [-0.39, 0.29) is 5.91 Å². The van der Waals surface area contributed by atoms with Crippen LogP contribution in [0.2, 0.25) is 0 Å². The number of aromatic nitrogens is 2. The van der Waals surface area contributed by atoms with E-state index in [0.29, 0.717) is 24.6 Å². The van der Waals surface area contributed by atoms with Crippen LogP contribution < -0.4 is 10.1 Å². The van der Waals surface area contributed by atoms with Crippen molar-refractivity contribution in [3.8, 4) is 5.75 Å². The van der Waals surface area contributed by atoms with Crippen molar-refractivity contribution < 1.29 is 9.53 Å². The second-order valence-corrected chi connectivity index (χ2v) is 7.25. The van der Waals surface area contributed by atoms with Crippen LogP contribution >= 0.6 is 0 Å². The largest absolute Gasteiger partial charge is 0.492 e. The number of rotatable bonds is 8. The topological polar surface area (TPSA) is 67.4 Å². The summed E-state index contributed by atoms with van der Waals surface area (Å²) in [5, 5.41) is 2.95. The molecule has 0 spiro atoms. The van der Waals surface area contributed by atoms with E-state index in [9.17, 15) is 4.79 Å². The van der Waals surface area contributed by atoms with Crippen molar-refractivity contribution in [3.05, 3.63) is 53.6 Å². The van der Waals surface area contributed by atoms with Gasteiger partial charge in [-0.1, -0.05) is 25.1 Å². The van der Waals surface area contributed by atoms with E-state index in [1.165, 1.54) is 0 Å². The van der Waals surface area contributed by atoms with Gasteiger partial charge in [-0.3, -0.25) is 9.69 Å². The van der Waals surface area contributed by atoms with Crippen LogP contribution in [0.25, 0.3) is 0 Å². The predicted octanol–water partition coefficient (Wildman–Crippen LogP) is 3.18. The van der Waals surface area contributed by atoms with Crippen LogP contribution in [0, 0.1) is 6.92 Å². The van der Waals surface area contributed by atoms with Crippen molar-refractivity contribution in [2.75, 3.05) is 32.8 Å². The first-order valence-corrected chi connectivity index (χ1v) is 10.2. The minimum atomic E-state index is -0.0597. The van der Waals surface area contributed by atoms with Crippen molar-refractivity contribution in [2.45, 2.75) is 39.0 Å². The number of amides is 1. The molecule has 2 aromatic rings. The summed E-state index contributed by atoms with van der Waals surface area (Å²) in [6.45, 7) is 8.17. The Balaban J connectivity index is 1.54. The molecule has 6 nitrogen and oxygen atoms in total. The number of hydrogen-bond acceptors (Lipinski definition) is 5. The number of carbonyl (C=O) groups is 1. The maximum Gasteiger partial charge on any atom is 0.254 e. The summed E-state index contributed by atoms with van der Waals surface area (Å²) in [6, 6.07) is 9.92. The fourth-order valence-corrected chi connectivity index (χ4v) is 3.55. The average molecular weight is 383 g/mol. The van der Waals surface area contributed by atoms with Gasteiger partial charge in [-0.05, 0) is 51.4 Å². The van der Waals surface area contributed by atoms with Gasteiger partial charge >= 0.3 is 0 Å². The van der Waals surface area contributed by atoms with Crippen LogP contribution in [0.5, 0.6) is 5.75 Å². The highest BCUT2D eigenvalue weighted by Gasteiger charge is 2.26. The smallest absolute Gasteiger partial charge is 0.254 e. The van der Waals surface area contributed by atoms with Crippen LogP contribution in [0.4, 0.5) is 0 Å². The number of ether oxygens (including phenoxy) is 1. The number of nitrogens with one attached hydrogen (secondary N) is 1. The fraction of sp³-hybridized carbons (Fsp3) is 0.500. The quantitative estimate of drug-likeness (QED) is 0.759. The number of likely N-dealkylation sites (tertiary alicyclic amines) is 1. The first-order chi connectivity index (χ1) is 13.7. The van der Waals surface area contributed by atoms with E-state index in [0.717, 1.165) is 56.2 Å². The molecule has 0 saturated carbocycles. The molecular formula is C22H30N4O2. The number of benzene rings is 1. The monoisotopic (exact) mass is 382 g/mol. The summed E-state index contributed by atoms with van der Waals surface area (Å²) < 4.78 is 5.81. The van der Waals surface area contributed by atoms with E-state index in [4.69, 9.17) is 4.74 Å². The van der Waals surface area contributed by atoms with Crippen LogP contribution in [0.15, 0.2) is 36.5 Å². The van der Waals surface area contributed by atoms with Crippen LogP contribution in [0.3, 0.4) is 0 Å². The van der Waals surface area contributed by atoms with Gasteiger partial charge in [0.05, 0.1) is 11.3 Å². The van der Waals surface area contributed by atoms with E-state index in [1.807, 2.05) is 44.2 Å². The molecule has 6 heteroatoms. The van der Waals surface area contributed by atoms with Crippen molar-refractivity contribution in [3.63, 3.8) is 0 Å². The maximum atomic E-state index is 12.5. The molecule has 0 bridgehead atoms. The van der Waals surface area contributed by atoms with Crippen molar-refractivity contribution >= 4 is 5.91 Å². The summed E-state index contributed by atoms with van der Waals surface area (Å²) >= 11 is 0. The lowest BCUT2D eigenvalue weighted by Gasteiger charge is -2.32. The molecule has 1 N–H and O–H groups in total. The lowest BCUT2D eigenvalue weighted by Crippen LogP contribution is -2.37. The summed E-state index contributed by atoms with van der Waals surface area (Å²) in [6.07, 6.45) is 4.59. The second kappa shape index (κ2) is 10.2. The molecule has 150 valence electrons. The van der Waals surface area contributed by atoms with E-state index >= 15 is 0 Å². The molecule has 0 unspecified atom stereocenters. The number of carbonyl (C=O) groups excluding carboxylic acids is 1. The molecule has 1 aliphatic rings. The Hall–Kier alpha value is -2.47. The summed E-state index contributed by atoms with van der Waals surface area (Å²) in [4.78, 5) is 23.8. The summed E-state index contributed by atoms with van der Waals surface area (Å²) in [5.41, 5.74) is 1.53. The molecule has 0 atom stereocenters. The van der Waals surface area contributed by atoms with E-state index < -0.39 is 0 Å². The molecule has 3 rings (SSSR count). The molecule has 28 heavy (non-hydrogen) atoms. The molecule has 0 radical (unpaired) electrons. The van der Waals surface area contributed by atoms with E-state index in [1.54, 1.807) is 6.20 Å². The van der Waals surface area contributed by atoms with Crippen LogP contribution in [-0.4, -0.2) is 53.6 Å². The van der Waals surface area contributed by atoms with Gasteiger partial charge in [0.1, 0.15) is 18.2 Å². The highest BCUT2D eigenvalue weighted by atomic mass is 16.5. The van der Waals surface area contributed by atoms with Gasteiger partial charge in [0.15, 0.2) is 0 Å². The van der Waals surface area contributed by atoms with Crippen molar-refractivity contribution in [1.82, 2.24) is 20.2 Å². The summed E-state index contributed by atoms with van der Waals surface area (Å²) in [5.74, 6) is 1.88. The SMILES string of the molecule is CCCNC(=O)c1cnc(C)nc1C1CCN(CCOc2ccccc2)CC1. The Bertz CT molecular complexity index is 758. The zero-order valence-corrected chi connectivity index (χ0v) is 16.9. The Labute approximate surface area is 167 Å². The van der Waals surface area contributed by atoms with E-state index in [2.05, 4.69) is 20.2 Å². The molecule has 1 aliphatic heterocycles. The molecule has 1 fully saturated rings. The normalized spacial score (nSPS) is 15.4. The van der Waals surface area contributed by atoms with Gasteiger partial charge in [-0.25, -0.2) is 9.97 Å². The molecule has 1 amide bonds. The summed E-state index contributed by atoms with van der Waals surface area (Å²) in [7, 11) is 0. The van der Waals surface area contributed by atoms with Gasteiger partial charge in [-0.15, -0.1) is 0 Å². The molecule has 1 saturated heterocycles. The van der Waals surface area contributed by atoms with Gasteiger partial charge in [0.25, 0.3) is 5.91 Å². The lowest BCUT2D eigenvalue weighted by molar-refractivity contribution is 0.0950. The minimum absolute atomic E-state index is 0.0597. The van der Waals surface area contributed by atoms with Crippen molar-refractivity contribution in [2.24, 2.45) is 0 Å². The maximum absolute atomic E-state index is 12.5. The lowest BCUT2D eigenvalue weighted by atomic mass is 9.90. The van der Waals surface area contributed by atoms with Crippen LogP contribution in [0.1, 0.15) is 54.0 Å². The molecule has 1 aromatic heterocycles. The van der Waals surface area contributed by atoms with Gasteiger partial charge in [0.2, 0.25) is 0 Å². The molecular weight excluding hydrogens is 352 g/mol. The number of aryl methyl sites for hydroxylation is 1. The first kappa shape index (κ1) is 20.3. The Morgan fingerprint density at radius 2 is 2.00 bits per heavy atom. The highest BCUT2D eigenvalue weighted by molar-refractivity contribution is 5.95. The second-order valence-electron chi connectivity index (χ2n) is 7.25. The van der Waals surface area contributed by atoms with Gasteiger partial charge in [0, 0.05) is 25.2 Å². The molecule has 1 aromatic carbocycles. The highest BCUT2D eigenvalue weighted by Crippen LogP contribution is 2.29. The third kappa shape index (κ3) is 5.52.